The SMILES string of the molecule is C=C[C@@H]1C[C@]1(CC(=O)[C@@H]1CC(Oc2cc(-c3ccccc3)nc3cc(OC)ccc23)CN1C(=O)[C@H](CNC(=O)[C@@H]1CCC(=O)O1)CC(=O)OC(C)(C)C)C(=O)NS(=O)(=O)C1CC1. The summed E-state index contributed by atoms with van der Waals surface area (Å²) < 4.78 is 50.8. The molecule has 2 aromatic carbocycles. The third-order valence-corrected chi connectivity index (χ3v) is 13.5. The lowest BCUT2D eigenvalue weighted by atomic mass is 9.91. The van der Waals surface area contributed by atoms with Crippen molar-refractivity contribution in [2.75, 3.05) is 20.2 Å². The second-order valence-corrected chi connectivity index (χ2v) is 19.5. The molecule has 330 valence electrons. The number of sulfonamides is 1. The summed E-state index contributed by atoms with van der Waals surface area (Å²) in [4.78, 5) is 87.6. The molecule has 2 N–H and O–H groups in total. The van der Waals surface area contributed by atoms with Crippen LogP contribution in [0.3, 0.4) is 0 Å². The minimum atomic E-state index is -3.94. The number of fused-ring (bicyclic) bond motifs is 1. The number of esters is 2. The second kappa shape index (κ2) is 17.5. The van der Waals surface area contributed by atoms with Crippen LogP contribution in [0, 0.1) is 17.3 Å². The number of amides is 3. The van der Waals surface area contributed by atoms with E-state index in [4.69, 9.17) is 23.9 Å². The number of nitrogens with zero attached hydrogens (tertiary/aromatic N) is 2. The van der Waals surface area contributed by atoms with Gasteiger partial charge >= 0.3 is 11.9 Å². The summed E-state index contributed by atoms with van der Waals surface area (Å²) in [5.74, 6) is -4.60. The topological polar surface area (TPSA) is 214 Å². The molecule has 2 aliphatic heterocycles. The Hall–Kier alpha value is -5.84. The zero-order valence-electron chi connectivity index (χ0n) is 35.2. The highest BCUT2D eigenvalue weighted by molar-refractivity contribution is 7.90. The van der Waals surface area contributed by atoms with E-state index in [0.717, 1.165) is 5.56 Å². The summed E-state index contributed by atoms with van der Waals surface area (Å²) >= 11 is 0. The number of likely N-dealkylation sites (tertiary alicyclic amines) is 1. The van der Waals surface area contributed by atoms with Crippen molar-refractivity contribution in [2.24, 2.45) is 17.3 Å². The van der Waals surface area contributed by atoms with E-state index < -0.39 is 105 Å². The first-order valence-electron chi connectivity index (χ1n) is 20.8. The Morgan fingerprint density at radius 1 is 1.06 bits per heavy atom. The Morgan fingerprint density at radius 2 is 1.81 bits per heavy atom. The Labute approximate surface area is 360 Å². The summed E-state index contributed by atoms with van der Waals surface area (Å²) in [6.07, 6.45) is 0.0478. The van der Waals surface area contributed by atoms with Crippen molar-refractivity contribution in [1.82, 2.24) is 19.9 Å². The molecule has 1 aromatic heterocycles. The largest absolute Gasteiger partial charge is 0.497 e. The lowest BCUT2D eigenvalue weighted by Gasteiger charge is -2.29. The van der Waals surface area contributed by atoms with Gasteiger partial charge in [-0.2, -0.15) is 0 Å². The number of hydrogen-bond acceptors (Lipinski definition) is 13. The fraction of sp³-hybridized carbons (Fsp3) is 0.489. The first kappa shape index (κ1) is 44.2. The highest BCUT2D eigenvalue weighted by Gasteiger charge is 2.61. The Balaban J connectivity index is 1.21. The molecule has 3 heterocycles. The highest BCUT2D eigenvalue weighted by atomic mass is 32.2. The molecule has 4 fully saturated rings. The predicted octanol–water partition coefficient (Wildman–Crippen LogP) is 4.19. The molecule has 2 saturated carbocycles. The van der Waals surface area contributed by atoms with Crippen molar-refractivity contribution in [3.8, 4) is 22.8 Å². The molecule has 7 rings (SSSR count). The van der Waals surface area contributed by atoms with E-state index in [1.54, 1.807) is 52.1 Å². The van der Waals surface area contributed by atoms with Crippen LogP contribution in [-0.2, 0) is 48.3 Å². The first-order valence-corrected chi connectivity index (χ1v) is 22.4. The van der Waals surface area contributed by atoms with E-state index in [0.29, 0.717) is 40.9 Å². The summed E-state index contributed by atoms with van der Waals surface area (Å²) in [5.41, 5.74) is -0.327. The van der Waals surface area contributed by atoms with E-state index in [1.165, 1.54) is 11.0 Å². The normalized spacial score (nSPS) is 23.8. The van der Waals surface area contributed by atoms with Crippen LogP contribution >= 0.6 is 0 Å². The Morgan fingerprint density at radius 3 is 2.44 bits per heavy atom. The van der Waals surface area contributed by atoms with Gasteiger partial charge in [-0.25, -0.2) is 13.4 Å². The van der Waals surface area contributed by atoms with Crippen molar-refractivity contribution in [1.29, 1.82) is 0 Å². The van der Waals surface area contributed by atoms with Gasteiger partial charge in [0.1, 0.15) is 23.2 Å². The van der Waals surface area contributed by atoms with Gasteiger partial charge in [0.2, 0.25) is 21.8 Å². The fourth-order valence-corrected chi connectivity index (χ4v) is 9.58. The second-order valence-electron chi connectivity index (χ2n) is 17.5. The number of ether oxygens (including phenoxy) is 4. The number of allylic oxidation sites excluding steroid dienone is 1. The van der Waals surface area contributed by atoms with E-state index in [9.17, 15) is 37.2 Å². The number of carbonyl (C=O) groups is 6. The number of carbonyl (C=O) groups excluding carboxylic acids is 6. The van der Waals surface area contributed by atoms with Gasteiger partial charge in [-0.3, -0.25) is 33.5 Å². The molecule has 3 aromatic rings. The molecule has 6 atom stereocenters. The smallest absolute Gasteiger partial charge is 0.307 e. The molecule has 62 heavy (non-hydrogen) atoms. The molecule has 1 unspecified atom stereocenters. The zero-order valence-corrected chi connectivity index (χ0v) is 36.0. The molecule has 16 nitrogen and oxygen atoms in total. The van der Waals surface area contributed by atoms with E-state index in [2.05, 4.69) is 16.6 Å². The third-order valence-electron chi connectivity index (χ3n) is 11.7. The lowest BCUT2D eigenvalue weighted by molar-refractivity contribution is -0.159. The Bertz CT molecular complexity index is 2400. The molecule has 2 aliphatic carbocycles. The molecular weight excluding hydrogens is 821 g/mol. The van der Waals surface area contributed by atoms with Gasteiger partial charge in [-0.05, 0) is 58.1 Å². The Kier molecular flexibility index (Phi) is 12.5. The van der Waals surface area contributed by atoms with Crippen LogP contribution < -0.4 is 19.5 Å². The minimum Gasteiger partial charge on any atom is -0.497 e. The molecule has 0 spiro atoms. The van der Waals surface area contributed by atoms with Crippen molar-refractivity contribution in [2.45, 2.75) is 101 Å². The van der Waals surface area contributed by atoms with Crippen LogP contribution in [0.25, 0.3) is 22.2 Å². The average molecular weight is 873 g/mol. The van der Waals surface area contributed by atoms with Crippen molar-refractivity contribution in [3.63, 3.8) is 0 Å². The standard InChI is InChI=1S/C45H52N4O12S/c1-6-28-22-45(28,43(55)48-62(56,57)31-13-14-31)23-36(50)35-20-30(59-38-21-33(26-10-8-7-9-11-26)47-34-19-29(58-5)12-15-32(34)38)25-49(35)42(54)27(18-40(52)61-44(2,3)4)24-46-41(53)37-16-17-39(51)60-37/h6-12,15,19,21,27-28,30-31,35,37H,1,13-14,16-18,20,22-25H2,2-5H3,(H,46,53)(H,48,55)/t27-,28+,30?,35-,37-,45+/m0/s1. The number of ketones is 1. The maximum Gasteiger partial charge on any atom is 0.307 e. The zero-order chi connectivity index (χ0) is 44.6. The number of pyridine rings is 1. The molecule has 0 radical (unpaired) electrons. The number of cyclic esters (lactones) is 1. The molecule has 0 bridgehead atoms. The number of benzene rings is 2. The van der Waals surface area contributed by atoms with Gasteiger partial charge in [-0.15, -0.1) is 6.58 Å². The van der Waals surface area contributed by atoms with Crippen molar-refractivity contribution < 1.29 is 56.1 Å². The summed E-state index contributed by atoms with van der Waals surface area (Å²) in [5, 5.41) is 2.62. The lowest BCUT2D eigenvalue weighted by Crippen LogP contribution is -2.49. The monoisotopic (exact) mass is 872 g/mol. The van der Waals surface area contributed by atoms with Crippen LogP contribution in [0.1, 0.15) is 72.1 Å². The fourth-order valence-electron chi connectivity index (χ4n) is 8.19. The third kappa shape index (κ3) is 9.93. The number of Topliss-reactive ketones (excluding diaryl/α,β-unsaturated/α-hetero) is 1. The molecule has 17 heteroatoms. The van der Waals surface area contributed by atoms with Crippen molar-refractivity contribution >= 4 is 56.4 Å². The number of hydrogen-bond donors (Lipinski definition) is 2. The van der Waals surface area contributed by atoms with Crippen LogP contribution in [0.4, 0.5) is 0 Å². The van der Waals surface area contributed by atoms with E-state index >= 15 is 0 Å². The van der Waals surface area contributed by atoms with Gasteiger partial charge in [0, 0.05) is 55.3 Å². The molecule has 4 aliphatic rings. The van der Waals surface area contributed by atoms with Crippen LogP contribution in [0.15, 0.2) is 67.3 Å². The van der Waals surface area contributed by atoms with Crippen LogP contribution in [0.2, 0.25) is 0 Å². The maximum atomic E-state index is 14.8. The number of methoxy groups -OCH3 is 1. The van der Waals surface area contributed by atoms with Gasteiger partial charge in [-0.1, -0.05) is 36.4 Å². The summed E-state index contributed by atoms with van der Waals surface area (Å²) in [6.45, 7) is 8.36. The maximum absolute atomic E-state index is 14.8. The summed E-state index contributed by atoms with van der Waals surface area (Å²) in [6, 6.07) is 15.4. The molecule has 2 saturated heterocycles. The minimum absolute atomic E-state index is 0.0222. The quantitative estimate of drug-likeness (QED) is 0.144. The van der Waals surface area contributed by atoms with Crippen LogP contribution in [-0.4, -0.2) is 103 Å². The van der Waals surface area contributed by atoms with Crippen LogP contribution in [0.5, 0.6) is 11.5 Å². The molecule has 3 amide bonds. The summed E-state index contributed by atoms with van der Waals surface area (Å²) in [7, 11) is -2.39. The number of aromatic nitrogens is 1. The first-order chi connectivity index (χ1) is 29.4. The van der Waals surface area contributed by atoms with Gasteiger partial charge in [0.25, 0.3) is 5.91 Å². The molecular formula is C45H52N4O12S. The highest BCUT2D eigenvalue weighted by Crippen LogP contribution is 2.57. The average Bonchev–Trinajstić information content (AvgIpc) is 4.13. The predicted molar refractivity (Wildman–Crippen MR) is 225 cm³/mol. The number of nitrogens with one attached hydrogen (secondary N) is 2. The van der Waals surface area contributed by atoms with Crippen molar-refractivity contribution in [3.05, 3.63) is 67.3 Å². The number of rotatable bonds is 17. The van der Waals surface area contributed by atoms with E-state index in [1.807, 2.05) is 30.3 Å². The van der Waals surface area contributed by atoms with Gasteiger partial charge in [0.15, 0.2) is 11.9 Å². The van der Waals surface area contributed by atoms with Gasteiger partial charge in [0.05, 0.1) is 53.9 Å². The van der Waals surface area contributed by atoms with Gasteiger partial charge < -0.3 is 29.2 Å². The van der Waals surface area contributed by atoms with E-state index in [-0.39, 0.29) is 38.8 Å².